The lowest BCUT2D eigenvalue weighted by Gasteiger charge is -2.15. The van der Waals surface area contributed by atoms with Gasteiger partial charge in [-0.1, -0.05) is 30.7 Å². The molecule has 0 saturated carbocycles. The molecule has 2 aromatic rings. The lowest BCUT2D eigenvalue weighted by atomic mass is 10.0. The molecule has 2 aromatic carbocycles. The Morgan fingerprint density at radius 2 is 1.85 bits per heavy atom. The Kier molecular flexibility index (Phi) is 7.67. The summed E-state index contributed by atoms with van der Waals surface area (Å²) in [7, 11) is 0. The summed E-state index contributed by atoms with van der Waals surface area (Å²) < 4.78 is 11.4. The highest BCUT2D eigenvalue weighted by molar-refractivity contribution is 5.92. The van der Waals surface area contributed by atoms with Crippen molar-refractivity contribution < 1.29 is 14.3 Å². The fraction of sp³-hybridized carbons (Fsp3) is 0.409. The van der Waals surface area contributed by atoms with Crippen LogP contribution in [0.2, 0.25) is 0 Å². The average Bonchev–Trinajstić information content (AvgIpc) is 2.63. The Balaban J connectivity index is 2.01. The largest absolute Gasteiger partial charge is 0.490 e. The fourth-order valence-corrected chi connectivity index (χ4v) is 2.80. The number of rotatable bonds is 9. The highest BCUT2D eigenvalue weighted by Crippen LogP contribution is 2.29. The second-order valence-electron chi connectivity index (χ2n) is 6.74. The Morgan fingerprint density at radius 3 is 2.52 bits per heavy atom. The summed E-state index contributed by atoms with van der Waals surface area (Å²) in [6.45, 7) is 8.42. The molecule has 0 heterocycles. The molecule has 0 bridgehead atoms. The molecule has 1 unspecified atom stereocenters. The van der Waals surface area contributed by atoms with Crippen LogP contribution in [-0.4, -0.2) is 25.2 Å². The zero-order valence-electron chi connectivity index (χ0n) is 16.7. The van der Waals surface area contributed by atoms with Gasteiger partial charge in [-0.3, -0.25) is 4.79 Å². The molecule has 0 aromatic heterocycles. The first-order valence-electron chi connectivity index (χ1n) is 9.44. The Bertz CT molecular complexity index is 774. The monoisotopic (exact) mass is 370 g/mol. The molecule has 27 heavy (non-hydrogen) atoms. The maximum Gasteiger partial charge on any atom is 0.262 e. The number of ether oxygens (including phenoxy) is 2. The van der Waals surface area contributed by atoms with Gasteiger partial charge in [0.25, 0.3) is 5.91 Å². The molecule has 146 valence electrons. The van der Waals surface area contributed by atoms with Gasteiger partial charge in [0, 0.05) is 11.7 Å². The van der Waals surface area contributed by atoms with Crippen LogP contribution in [0, 0.1) is 13.8 Å². The third-order valence-corrected chi connectivity index (χ3v) is 4.34. The van der Waals surface area contributed by atoms with Gasteiger partial charge in [-0.2, -0.15) is 0 Å². The van der Waals surface area contributed by atoms with E-state index in [0.717, 1.165) is 35.2 Å². The van der Waals surface area contributed by atoms with Crippen LogP contribution in [0.1, 0.15) is 37.0 Å². The zero-order valence-corrected chi connectivity index (χ0v) is 16.7. The number of carbonyl (C=O) groups is 1. The SMILES string of the molecule is CCOc1cc(CC(N)CC)ccc1OCC(=O)Nc1ccc(C)cc1C. The summed E-state index contributed by atoms with van der Waals surface area (Å²) in [6, 6.07) is 11.8. The van der Waals surface area contributed by atoms with Gasteiger partial charge in [0.1, 0.15) is 0 Å². The van der Waals surface area contributed by atoms with Crippen LogP contribution in [0.4, 0.5) is 5.69 Å². The number of carbonyl (C=O) groups excluding carboxylic acids is 1. The lowest BCUT2D eigenvalue weighted by Crippen LogP contribution is -2.22. The van der Waals surface area contributed by atoms with Crippen LogP contribution in [0.25, 0.3) is 0 Å². The van der Waals surface area contributed by atoms with E-state index >= 15 is 0 Å². The van der Waals surface area contributed by atoms with E-state index in [1.54, 1.807) is 0 Å². The molecular weight excluding hydrogens is 340 g/mol. The van der Waals surface area contributed by atoms with Crippen molar-refractivity contribution in [3.05, 3.63) is 53.1 Å². The van der Waals surface area contributed by atoms with Crippen LogP contribution >= 0.6 is 0 Å². The summed E-state index contributed by atoms with van der Waals surface area (Å²) in [4.78, 5) is 12.2. The molecule has 5 heteroatoms. The van der Waals surface area contributed by atoms with Crippen LogP contribution in [0.5, 0.6) is 11.5 Å². The van der Waals surface area contributed by atoms with Crippen molar-refractivity contribution >= 4 is 11.6 Å². The molecule has 0 radical (unpaired) electrons. The molecular formula is C22H30N2O3. The van der Waals surface area contributed by atoms with Gasteiger partial charge in [-0.05, 0) is 62.9 Å². The third-order valence-electron chi connectivity index (χ3n) is 4.34. The van der Waals surface area contributed by atoms with Gasteiger partial charge in [-0.15, -0.1) is 0 Å². The van der Waals surface area contributed by atoms with E-state index in [1.165, 1.54) is 0 Å². The molecule has 5 nitrogen and oxygen atoms in total. The van der Waals surface area contributed by atoms with Crippen molar-refractivity contribution in [3.63, 3.8) is 0 Å². The standard InChI is InChI=1S/C22H30N2O3/c1-5-18(23)12-17-8-10-20(21(13-17)26-6-2)27-14-22(25)24-19-9-7-15(3)11-16(19)4/h7-11,13,18H,5-6,12,14,23H2,1-4H3,(H,24,25). The summed E-state index contributed by atoms with van der Waals surface area (Å²) in [5.41, 5.74) is 10.1. The van der Waals surface area contributed by atoms with Gasteiger partial charge >= 0.3 is 0 Å². The molecule has 0 fully saturated rings. The number of aryl methyl sites for hydroxylation is 2. The quantitative estimate of drug-likeness (QED) is 0.700. The Labute approximate surface area is 161 Å². The van der Waals surface area contributed by atoms with Crippen molar-refractivity contribution in [3.8, 4) is 11.5 Å². The minimum atomic E-state index is -0.207. The molecule has 1 atom stereocenters. The maximum absolute atomic E-state index is 12.2. The first kappa shape index (κ1) is 20.8. The highest BCUT2D eigenvalue weighted by atomic mass is 16.5. The molecule has 0 aliphatic carbocycles. The van der Waals surface area contributed by atoms with E-state index in [0.29, 0.717) is 18.1 Å². The number of nitrogens with two attached hydrogens (primary N) is 1. The van der Waals surface area contributed by atoms with E-state index < -0.39 is 0 Å². The molecule has 2 rings (SSSR count). The first-order valence-corrected chi connectivity index (χ1v) is 9.44. The molecule has 0 aliphatic heterocycles. The minimum Gasteiger partial charge on any atom is -0.490 e. The predicted octanol–water partition coefficient (Wildman–Crippen LogP) is 4.00. The molecule has 0 spiro atoms. The summed E-state index contributed by atoms with van der Waals surface area (Å²) in [5.74, 6) is 0.987. The van der Waals surface area contributed by atoms with Crippen LogP contribution < -0.4 is 20.5 Å². The smallest absolute Gasteiger partial charge is 0.262 e. The number of amides is 1. The normalized spacial score (nSPS) is 11.7. The Morgan fingerprint density at radius 1 is 1.07 bits per heavy atom. The molecule has 3 N–H and O–H groups in total. The van der Waals surface area contributed by atoms with Gasteiger partial charge in [-0.25, -0.2) is 0 Å². The predicted molar refractivity (Wildman–Crippen MR) is 110 cm³/mol. The van der Waals surface area contributed by atoms with Crippen molar-refractivity contribution in [1.82, 2.24) is 0 Å². The summed E-state index contributed by atoms with van der Waals surface area (Å²) in [6.07, 6.45) is 1.70. The molecule has 0 saturated heterocycles. The number of nitrogens with one attached hydrogen (secondary N) is 1. The number of anilines is 1. The lowest BCUT2D eigenvalue weighted by molar-refractivity contribution is -0.118. The number of hydrogen-bond donors (Lipinski definition) is 2. The second-order valence-corrected chi connectivity index (χ2v) is 6.74. The minimum absolute atomic E-state index is 0.0821. The maximum atomic E-state index is 12.2. The van der Waals surface area contributed by atoms with E-state index in [-0.39, 0.29) is 18.6 Å². The van der Waals surface area contributed by atoms with Gasteiger partial charge < -0.3 is 20.5 Å². The topological polar surface area (TPSA) is 73.6 Å². The van der Waals surface area contributed by atoms with E-state index in [9.17, 15) is 4.79 Å². The van der Waals surface area contributed by atoms with Crippen molar-refractivity contribution in [2.75, 3.05) is 18.5 Å². The van der Waals surface area contributed by atoms with Crippen LogP contribution in [-0.2, 0) is 11.2 Å². The van der Waals surface area contributed by atoms with Gasteiger partial charge in [0.15, 0.2) is 18.1 Å². The van der Waals surface area contributed by atoms with E-state index in [2.05, 4.69) is 12.2 Å². The summed E-state index contributed by atoms with van der Waals surface area (Å²) >= 11 is 0. The highest BCUT2D eigenvalue weighted by Gasteiger charge is 2.11. The summed E-state index contributed by atoms with van der Waals surface area (Å²) in [5, 5.41) is 2.88. The fourth-order valence-electron chi connectivity index (χ4n) is 2.80. The van der Waals surface area contributed by atoms with Crippen LogP contribution in [0.3, 0.4) is 0 Å². The second kappa shape index (κ2) is 9.97. The van der Waals surface area contributed by atoms with Gasteiger partial charge in [0.05, 0.1) is 6.61 Å². The molecule has 1 amide bonds. The zero-order chi connectivity index (χ0) is 19.8. The van der Waals surface area contributed by atoms with Crippen LogP contribution in [0.15, 0.2) is 36.4 Å². The van der Waals surface area contributed by atoms with Crippen molar-refractivity contribution in [2.24, 2.45) is 5.73 Å². The molecule has 0 aliphatic rings. The van der Waals surface area contributed by atoms with Crippen molar-refractivity contribution in [1.29, 1.82) is 0 Å². The third kappa shape index (κ3) is 6.29. The number of benzene rings is 2. The van der Waals surface area contributed by atoms with Gasteiger partial charge in [0.2, 0.25) is 0 Å². The van der Waals surface area contributed by atoms with E-state index in [1.807, 2.05) is 57.2 Å². The number of hydrogen-bond acceptors (Lipinski definition) is 4. The van der Waals surface area contributed by atoms with Crippen molar-refractivity contribution in [2.45, 2.75) is 46.6 Å². The van der Waals surface area contributed by atoms with E-state index in [4.69, 9.17) is 15.2 Å². The Hall–Kier alpha value is -2.53. The first-order chi connectivity index (χ1) is 12.9. The average molecular weight is 370 g/mol.